The van der Waals surface area contributed by atoms with Crippen molar-refractivity contribution in [2.24, 2.45) is 10.7 Å². The number of benzene rings is 1. The van der Waals surface area contributed by atoms with E-state index in [2.05, 4.69) is 41.0 Å². The number of nitrogens with two attached hydrogens (primary N) is 2. The first kappa shape index (κ1) is 24.3. The molecule has 4 rings (SSSR count). The van der Waals surface area contributed by atoms with Crippen molar-refractivity contribution in [3.63, 3.8) is 0 Å². The van der Waals surface area contributed by atoms with Crippen molar-refractivity contribution in [1.82, 2.24) is 20.1 Å². The van der Waals surface area contributed by atoms with Crippen molar-refractivity contribution in [1.29, 1.82) is 0 Å². The number of hydrogen-bond donors (Lipinski definition) is 3. The summed E-state index contributed by atoms with van der Waals surface area (Å²) in [5, 5.41) is 9.33. The SMILES string of the molecule is CC(c1cc(-c2ccccc2F)no1)c1[nH]c(C(N)=NC=[NH2+])c(-c2cnc(C(F)(F)F)nc2)c1Br. The van der Waals surface area contributed by atoms with E-state index in [1.54, 1.807) is 31.2 Å². The molecule has 1 aromatic carbocycles. The molecule has 4 aromatic rings. The van der Waals surface area contributed by atoms with Gasteiger partial charge < -0.3 is 15.2 Å². The van der Waals surface area contributed by atoms with Crippen LogP contribution in [0.25, 0.3) is 22.4 Å². The molecule has 180 valence electrons. The van der Waals surface area contributed by atoms with E-state index in [0.717, 1.165) is 18.7 Å². The zero-order chi connectivity index (χ0) is 25.3. The molecule has 0 aliphatic heterocycles. The van der Waals surface area contributed by atoms with Gasteiger partial charge in [-0.25, -0.2) is 14.4 Å². The summed E-state index contributed by atoms with van der Waals surface area (Å²) in [5.41, 5.74) is 8.07. The monoisotopic (exact) mass is 550 g/mol. The van der Waals surface area contributed by atoms with E-state index in [1.807, 2.05) is 0 Å². The van der Waals surface area contributed by atoms with Gasteiger partial charge in [-0.1, -0.05) is 17.3 Å². The van der Waals surface area contributed by atoms with Crippen molar-refractivity contribution < 1.29 is 27.5 Å². The predicted octanol–water partition coefficient (Wildman–Crippen LogP) is 3.69. The number of halogens is 5. The second-order valence-electron chi connectivity index (χ2n) is 7.38. The van der Waals surface area contributed by atoms with Gasteiger partial charge in [-0.05, 0) is 40.0 Å². The number of aromatic amines is 1. The van der Waals surface area contributed by atoms with Crippen molar-refractivity contribution in [2.75, 3.05) is 0 Å². The maximum Gasteiger partial charge on any atom is 0.451 e. The Morgan fingerprint density at radius 3 is 2.57 bits per heavy atom. The number of amidine groups is 1. The number of rotatable bonds is 6. The van der Waals surface area contributed by atoms with Crippen LogP contribution in [0.1, 0.15) is 35.8 Å². The number of H-pyrrole nitrogens is 1. The summed E-state index contributed by atoms with van der Waals surface area (Å²) >= 11 is 3.49. The van der Waals surface area contributed by atoms with E-state index in [-0.39, 0.29) is 22.7 Å². The Bertz CT molecular complexity index is 1410. The number of aromatic nitrogens is 4. The molecule has 5 N–H and O–H groups in total. The summed E-state index contributed by atoms with van der Waals surface area (Å²) in [7, 11) is 0. The van der Waals surface area contributed by atoms with Gasteiger partial charge in [0.1, 0.15) is 23.0 Å². The lowest BCUT2D eigenvalue weighted by atomic mass is 10.0. The third kappa shape index (κ3) is 4.71. The zero-order valence-electron chi connectivity index (χ0n) is 17.9. The fourth-order valence-corrected chi connectivity index (χ4v) is 4.31. The second kappa shape index (κ2) is 9.41. The van der Waals surface area contributed by atoms with Crippen LogP contribution in [0.15, 0.2) is 56.7 Å². The summed E-state index contributed by atoms with van der Waals surface area (Å²) in [6.07, 6.45) is -1.64. The molecule has 0 spiro atoms. The fourth-order valence-electron chi connectivity index (χ4n) is 3.44. The first-order chi connectivity index (χ1) is 16.6. The highest BCUT2D eigenvalue weighted by Crippen LogP contribution is 2.40. The van der Waals surface area contributed by atoms with Gasteiger partial charge in [-0.15, -0.1) is 0 Å². The van der Waals surface area contributed by atoms with E-state index in [4.69, 9.17) is 15.7 Å². The quantitative estimate of drug-likeness (QED) is 0.191. The van der Waals surface area contributed by atoms with E-state index in [1.165, 1.54) is 6.07 Å². The van der Waals surface area contributed by atoms with Gasteiger partial charge in [-0.2, -0.15) is 13.2 Å². The molecule has 1 unspecified atom stereocenters. The van der Waals surface area contributed by atoms with Crippen molar-refractivity contribution in [3.8, 4) is 22.4 Å². The van der Waals surface area contributed by atoms with Crippen LogP contribution in [0, 0.1) is 5.82 Å². The van der Waals surface area contributed by atoms with Crippen LogP contribution in [0.3, 0.4) is 0 Å². The Kier molecular flexibility index (Phi) is 6.52. The molecule has 0 bridgehead atoms. The van der Waals surface area contributed by atoms with Gasteiger partial charge >= 0.3 is 6.18 Å². The van der Waals surface area contributed by atoms with Crippen LogP contribution >= 0.6 is 15.9 Å². The maximum absolute atomic E-state index is 14.2. The average molecular weight is 551 g/mol. The minimum Gasteiger partial charge on any atom is -0.361 e. The topological polar surface area (TPSA) is 132 Å². The van der Waals surface area contributed by atoms with Gasteiger partial charge in [0.15, 0.2) is 0 Å². The van der Waals surface area contributed by atoms with E-state index >= 15 is 0 Å². The molecule has 0 amide bonds. The van der Waals surface area contributed by atoms with Crippen LogP contribution in [-0.4, -0.2) is 32.3 Å². The molecule has 13 heteroatoms. The summed E-state index contributed by atoms with van der Waals surface area (Å²) < 4.78 is 58.8. The minimum atomic E-state index is -4.69. The van der Waals surface area contributed by atoms with Crippen LogP contribution in [0.4, 0.5) is 17.6 Å². The minimum absolute atomic E-state index is 0.0221. The molecule has 3 heterocycles. The molecule has 3 aromatic heterocycles. The Labute approximate surface area is 203 Å². The Morgan fingerprint density at radius 1 is 1.26 bits per heavy atom. The second-order valence-corrected chi connectivity index (χ2v) is 8.17. The molecular weight excluding hydrogens is 534 g/mol. The molecule has 0 aliphatic carbocycles. The first-order valence-electron chi connectivity index (χ1n) is 10.0. The average Bonchev–Trinajstić information content (AvgIpc) is 3.44. The number of nitrogens with one attached hydrogen (secondary N) is 1. The third-order valence-corrected chi connectivity index (χ3v) is 5.99. The molecule has 1 atom stereocenters. The van der Waals surface area contributed by atoms with Gasteiger partial charge in [0.25, 0.3) is 12.2 Å². The summed E-state index contributed by atoms with van der Waals surface area (Å²) in [5.74, 6) is -1.81. The Balaban J connectivity index is 1.79. The zero-order valence-corrected chi connectivity index (χ0v) is 19.5. The number of nitrogens with zero attached hydrogens (tertiary/aromatic N) is 4. The maximum atomic E-state index is 14.2. The molecule has 0 radical (unpaired) electrons. The molecule has 0 fully saturated rings. The Hall–Kier alpha value is -3.87. The smallest absolute Gasteiger partial charge is 0.361 e. The standard InChI is InChI=1S/C22H16BrF4N7O/c1-10(15-6-14(34-35-15)12-4-2-3-5-13(12)24)18-17(23)16(19(33-18)20(29)32-9-28)11-7-30-21(31-8-11)22(25,26)27/h2-10,33H,1H3,(H3,28,29,32)/p+1. The van der Waals surface area contributed by atoms with Gasteiger partial charge in [-0.3, -0.25) is 5.41 Å². The highest BCUT2D eigenvalue weighted by atomic mass is 79.9. The van der Waals surface area contributed by atoms with Crippen LogP contribution in [-0.2, 0) is 6.18 Å². The van der Waals surface area contributed by atoms with E-state index in [0.29, 0.717) is 27.2 Å². The first-order valence-corrected chi connectivity index (χ1v) is 10.8. The molecule has 35 heavy (non-hydrogen) atoms. The largest absolute Gasteiger partial charge is 0.451 e. The van der Waals surface area contributed by atoms with Crippen molar-refractivity contribution in [2.45, 2.75) is 19.0 Å². The lowest BCUT2D eigenvalue weighted by Crippen LogP contribution is -2.30. The summed E-state index contributed by atoms with van der Waals surface area (Å²) in [4.78, 5) is 13.8. The third-order valence-electron chi connectivity index (χ3n) is 5.17. The summed E-state index contributed by atoms with van der Waals surface area (Å²) in [6, 6.07) is 7.74. The van der Waals surface area contributed by atoms with Crippen molar-refractivity contribution in [3.05, 3.63) is 76.0 Å². The fraction of sp³-hybridized carbons (Fsp3) is 0.136. The normalized spacial score (nSPS) is 13.1. The number of hydrogen-bond acceptors (Lipinski definition) is 4. The number of alkyl halides is 3. The highest BCUT2D eigenvalue weighted by Gasteiger charge is 2.35. The van der Waals surface area contributed by atoms with Crippen LogP contribution < -0.4 is 11.1 Å². The van der Waals surface area contributed by atoms with Gasteiger partial charge in [0, 0.05) is 45.3 Å². The van der Waals surface area contributed by atoms with Crippen molar-refractivity contribution >= 4 is 28.1 Å². The highest BCUT2D eigenvalue weighted by molar-refractivity contribution is 9.10. The summed E-state index contributed by atoms with van der Waals surface area (Å²) in [6.45, 7) is 1.79. The molecule has 0 aliphatic rings. The van der Waals surface area contributed by atoms with E-state index < -0.39 is 23.7 Å². The van der Waals surface area contributed by atoms with E-state index in [9.17, 15) is 17.6 Å². The number of aliphatic imine (C=N–C) groups is 1. The lowest BCUT2D eigenvalue weighted by molar-refractivity contribution is -0.145. The molecule has 0 saturated heterocycles. The Morgan fingerprint density at radius 2 is 1.94 bits per heavy atom. The van der Waals surface area contributed by atoms with Gasteiger partial charge in [0.05, 0.1) is 5.92 Å². The van der Waals surface area contributed by atoms with Gasteiger partial charge in [0.2, 0.25) is 5.82 Å². The van der Waals surface area contributed by atoms with Crippen LogP contribution in [0.2, 0.25) is 0 Å². The lowest BCUT2D eigenvalue weighted by Gasteiger charge is -2.08. The molecular formula is C22H17BrF4N7O+. The predicted molar refractivity (Wildman–Crippen MR) is 123 cm³/mol. The molecule has 8 nitrogen and oxygen atoms in total. The van der Waals surface area contributed by atoms with Crippen LogP contribution in [0.5, 0.6) is 0 Å². The molecule has 0 saturated carbocycles.